The van der Waals surface area contributed by atoms with Crippen LogP contribution in [0.4, 0.5) is 0 Å². The van der Waals surface area contributed by atoms with Gasteiger partial charge in [-0.05, 0) is 146 Å². The average Bonchev–Trinajstić information content (AvgIpc) is 3.51. The SMILES string of the molecule is [Pd+2].c1ccc([PH+](c2ccccc2)c2ccccc2)cc1.c1ccc([PH+](c2ccccc2)c2ccccc2)cc1.c1ccc([PH+](c2ccccc2)c2ccccc2)cc1.c1ccc([PH+](c2ccccc2)c2ccccc2)cc1. The van der Waals surface area contributed by atoms with E-state index in [4.69, 9.17) is 0 Å². The van der Waals surface area contributed by atoms with Gasteiger partial charge in [0.2, 0.25) is 0 Å². The number of hydrogen-bond donors (Lipinski definition) is 0. The second kappa shape index (κ2) is 31.3. The van der Waals surface area contributed by atoms with Crippen molar-refractivity contribution in [2.24, 2.45) is 0 Å². The van der Waals surface area contributed by atoms with Gasteiger partial charge in [-0.15, -0.1) is 0 Å². The van der Waals surface area contributed by atoms with Gasteiger partial charge in [-0.3, -0.25) is 0 Å². The van der Waals surface area contributed by atoms with Crippen LogP contribution >= 0.6 is 31.7 Å². The Kier molecular flexibility index (Phi) is 22.9. The molecule has 5 heteroatoms. The number of hydrogen-bond acceptors (Lipinski definition) is 0. The molecular formula is C72H64P4Pd+6. The molecule has 0 aromatic heterocycles. The van der Waals surface area contributed by atoms with Crippen molar-refractivity contribution >= 4 is 95.3 Å². The van der Waals surface area contributed by atoms with E-state index < -0.39 is 31.7 Å². The van der Waals surface area contributed by atoms with Gasteiger partial charge in [-0.1, -0.05) is 218 Å². The van der Waals surface area contributed by atoms with Crippen molar-refractivity contribution in [3.8, 4) is 0 Å². The Hall–Kier alpha value is -6.98. The van der Waals surface area contributed by atoms with E-state index >= 15 is 0 Å². The summed E-state index contributed by atoms with van der Waals surface area (Å²) in [6.45, 7) is 0. The summed E-state index contributed by atoms with van der Waals surface area (Å²) in [5.74, 6) is 0. The van der Waals surface area contributed by atoms with Crippen LogP contribution in [0.3, 0.4) is 0 Å². The molecule has 0 aliphatic rings. The molecule has 0 aliphatic carbocycles. The molecule has 0 heterocycles. The van der Waals surface area contributed by atoms with Crippen LogP contribution in [0, 0.1) is 0 Å². The third-order valence-electron chi connectivity index (χ3n) is 12.7. The minimum absolute atomic E-state index is 0. The maximum atomic E-state index is 2.24. The Morgan fingerprint density at radius 2 is 0.169 bits per heavy atom. The third kappa shape index (κ3) is 16.5. The number of benzene rings is 12. The van der Waals surface area contributed by atoms with Crippen molar-refractivity contribution in [3.63, 3.8) is 0 Å². The summed E-state index contributed by atoms with van der Waals surface area (Å²) in [7, 11) is -3.51. The molecule has 0 N–H and O–H groups in total. The summed E-state index contributed by atoms with van der Waals surface area (Å²) in [6, 6.07) is 130. The molecule has 12 aromatic carbocycles. The quantitative estimate of drug-likeness (QED) is 0.0845. The molecule has 0 saturated heterocycles. The van der Waals surface area contributed by atoms with Gasteiger partial charge in [-0.25, -0.2) is 0 Å². The summed E-state index contributed by atoms with van der Waals surface area (Å²) in [4.78, 5) is 0. The van der Waals surface area contributed by atoms with Crippen LogP contribution in [0.2, 0.25) is 0 Å². The van der Waals surface area contributed by atoms with Crippen LogP contribution in [0.25, 0.3) is 0 Å². The first-order valence-electron chi connectivity index (χ1n) is 25.9. The Morgan fingerprint density at radius 3 is 0.234 bits per heavy atom. The Bertz CT molecular complexity index is 2580. The van der Waals surface area contributed by atoms with E-state index in [1.165, 1.54) is 63.7 Å². The van der Waals surface area contributed by atoms with E-state index in [0.29, 0.717) is 0 Å². The minimum Gasteiger partial charge on any atom is -0.0620 e. The maximum Gasteiger partial charge on any atom is 2.00 e. The fraction of sp³-hybridized carbons (Fsp3) is 0. The van der Waals surface area contributed by atoms with Crippen molar-refractivity contribution < 1.29 is 20.4 Å². The summed E-state index contributed by atoms with van der Waals surface area (Å²) in [6.07, 6.45) is 0. The molecule has 0 saturated carbocycles. The van der Waals surface area contributed by atoms with E-state index in [1.807, 2.05) is 0 Å². The summed E-state index contributed by atoms with van der Waals surface area (Å²) in [5, 5.41) is 17.2. The molecule has 0 nitrogen and oxygen atoms in total. The Morgan fingerprint density at radius 1 is 0.104 bits per heavy atom. The van der Waals surface area contributed by atoms with Gasteiger partial charge in [-0.2, -0.15) is 0 Å². The van der Waals surface area contributed by atoms with E-state index in [-0.39, 0.29) is 20.4 Å². The van der Waals surface area contributed by atoms with Crippen LogP contribution < -0.4 is 63.7 Å². The zero-order valence-corrected chi connectivity index (χ0v) is 48.5. The molecule has 0 amide bonds. The van der Waals surface area contributed by atoms with E-state index in [1.54, 1.807) is 0 Å². The summed E-state index contributed by atoms with van der Waals surface area (Å²) < 4.78 is 0. The molecule has 0 atom stereocenters. The van der Waals surface area contributed by atoms with Gasteiger partial charge in [0.25, 0.3) is 0 Å². The predicted octanol–water partition coefficient (Wildman–Crippen LogP) is 12.7. The zero-order chi connectivity index (χ0) is 51.7. The molecule has 0 fully saturated rings. The van der Waals surface area contributed by atoms with E-state index in [2.05, 4.69) is 364 Å². The van der Waals surface area contributed by atoms with Gasteiger partial charge < -0.3 is 0 Å². The summed E-state index contributed by atoms with van der Waals surface area (Å²) in [5.41, 5.74) is 0. The topological polar surface area (TPSA) is 0 Å². The average molecular weight is 1160 g/mol. The fourth-order valence-corrected chi connectivity index (χ4v) is 19.6. The molecule has 0 aliphatic heterocycles. The molecule has 0 spiro atoms. The Balaban J connectivity index is 0.000000135. The van der Waals surface area contributed by atoms with Gasteiger partial charge in [0.15, 0.2) is 0 Å². The first-order chi connectivity index (χ1) is 37.8. The predicted molar refractivity (Wildman–Crippen MR) is 346 cm³/mol. The van der Waals surface area contributed by atoms with Crippen molar-refractivity contribution in [3.05, 3.63) is 364 Å². The first kappa shape index (κ1) is 56.2. The van der Waals surface area contributed by atoms with E-state index in [0.717, 1.165) is 0 Å². The maximum absolute atomic E-state index is 2.24. The molecule has 0 unspecified atom stereocenters. The zero-order valence-electron chi connectivity index (χ0n) is 43.0. The molecule has 0 bridgehead atoms. The minimum atomic E-state index is -0.877. The molecule has 0 radical (unpaired) electrons. The van der Waals surface area contributed by atoms with Gasteiger partial charge >= 0.3 is 20.4 Å². The van der Waals surface area contributed by atoms with Crippen LogP contribution in [-0.2, 0) is 20.4 Å². The van der Waals surface area contributed by atoms with Gasteiger partial charge in [0.05, 0.1) is 31.7 Å². The van der Waals surface area contributed by atoms with Crippen molar-refractivity contribution in [1.82, 2.24) is 0 Å². The molecular weight excluding hydrogens is 1100 g/mol. The van der Waals surface area contributed by atoms with E-state index in [9.17, 15) is 0 Å². The largest absolute Gasteiger partial charge is 2.00 e. The third-order valence-corrected chi connectivity index (χ3v) is 23.7. The fourth-order valence-electron chi connectivity index (χ4n) is 9.26. The monoisotopic (exact) mass is 1160 g/mol. The number of rotatable bonds is 12. The van der Waals surface area contributed by atoms with Crippen LogP contribution in [0.1, 0.15) is 0 Å². The summed E-state index contributed by atoms with van der Waals surface area (Å²) >= 11 is 0. The molecule has 376 valence electrons. The molecule has 12 aromatic rings. The van der Waals surface area contributed by atoms with Crippen LogP contribution in [0.15, 0.2) is 364 Å². The smallest absolute Gasteiger partial charge is 0.0620 e. The molecule has 12 rings (SSSR count). The second-order valence-corrected chi connectivity index (χ2v) is 27.8. The van der Waals surface area contributed by atoms with Crippen molar-refractivity contribution in [2.75, 3.05) is 0 Å². The van der Waals surface area contributed by atoms with Gasteiger partial charge in [0.1, 0.15) is 63.7 Å². The van der Waals surface area contributed by atoms with Crippen LogP contribution in [-0.4, -0.2) is 0 Å². The van der Waals surface area contributed by atoms with Crippen molar-refractivity contribution in [1.29, 1.82) is 0 Å². The standard InChI is InChI=1S/4C18H15P.Pd/c4*1-4-10-16(11-5-1)19(17-12-6-2-7-13-17)18-14-8-3-9-15-18;/h4*1-15H;/q;;;;+2/p+4. The van der Waals surface area contributed by atoms with Gasteiger partial charge in [0, 0.05) is 0 Å². The van der Waals surface area contributed by atoms with Crippen LogP contribution in [0.5, 0.6) is 0 Å². The first-order valence-corrected chi connectivity index (χ1v) is 31.9. The Labute approximate surface area is 476 Å². The second-order valence-electron chi connectivity index (χ2n) is 17.9. The molecule has 77 heavy (non-hydrogen) atoms. The van der Waals surface area contributed by atoms with Crippen molar-refractivity contribution in [2.45, 2.75) is 0 Å². The normalized spacial score (nSPS) is 10.4.